The van der Waals surface area contributed by atoms with E-state index in [9.17, 15) is 4.57 Å². The summed E-state index contributed by atoms with van der Waals surface area (Å²) < 4.78 is 14.2. The van der Waals surface area contributed by atoms with Crippen molar-refractivity contribution in [3.8, 4) is 0 Å². The molecule has 93 valence electrons. The average molecular weight is 387 g/mol. The Kier molecular flexibility index (Phi) is 5.11. The Morgan fingerprint density at radius 2 is 1.17 bits per heavy atom. The van der Waals surface area contributed by atoms with Crippen LogP contribution in [0.25, 0.3) is 0 Å². The van der Waals surface area contributed by atoms with Gasteiger partial charge in [-0.1, -0.05) is 68.3 Å². The van der Waals surface area contributed by atoms with Crippen LogP contribution in [0.15, 0.2) is 57.5 Å². The molecule has 1 radical (unpaired) electrons. The molecule has 0 aliphatic rings. The average Bonchev–Trinajstić information content (AvgIpc) is 2.35. The minimum Gasteiger partial charge on any atom is -0.286 e. The molecule has 4 heteroatoms. The molecule has 0 bridgehead atoms. The zero-order valence-electron chi connectivity index (χ0n) is 9.64. The van der Waals surface area contributed by atoms with Crippen LogP contribution < -0.4 is 0 Å². The SMILES string of the molecule is O=[P](Cc1ccccc1Br)Cc1ccccc1Br. The summed E-state index contributed by atoms with van der Waals surface area (Å²) in [7, 11) is -1.28. The number of benzene rings is 2. The fraction of sp³-hybridized carbons (Fsp3) is 0.143. The van der Waals surface area contributed by atoms with Crippen molar-refractivity contribution < 1.29 is 4.57 Å². The third-order valence-electron chi connectivity index (χ3n) is 2.61. The molecule has 0 aliphatic heterocycles. The molecule has 0 aliphatic carbocycles. The third-order valence-corrected chi connectivity index (χ3v) is 5.54. The predicted molar refractivity (Wildman–Crippen MR) is 83.3 cm³/mol. The van der Waals surface area contributed by atoms with E-state index in [4.69, 9.17) is 0 Å². The van der Waals surface area contributed by atoms with E-state index in [2.05, 4.69) is 31.9 Å². The Balaban J connectivity index is 2.06. The molecule has 0 unspecified atom stereocenters. The van der Waals surface area contributed by atoms with Crippen LogP contribution in [0.5, 0.6) is 0 Å². The fourth-order valence-electron chi connectivity index (χ4n) is 1.69. The van der Waals surface area contributed by atoms with Crippen LogP contribution in [0.4, 0.5) is 0 Å². The van der Waals surface area contributed by atoms with Crippen LogP contribution in [0, 0.1) is 0 Å². The summed E-state index contributed by atoms with van der Waals surface area (Å²) in [6.45, 7) is 0. The number of hydrogen-bond acceptors (Lipinski definition) is 1. The standard InChI is InChI=1S/C14H12Br2OP/c15-13-7-3-1-5-11(13)9-18(17)10-12-6-2-4-8-14(12)16/h1-8H,9-10H2. The van der Waals surface area contributed by atoms with Crippen molar-refractivity contribution in [3.63, 3.8) is 0 Å². The summed E-state index contributed by atoms with van der Waals surface area (Å²) in [6, 6.07) is 15.9. The molecule has 0 spiro atoms. The summed E-state index contributed by atoms with van der Waals surface area (Å²) in [5, 5.41) is 0. The Bertz CT molecular complexity index is 520. The van der Waals surface area contributed by atoms with Gasteiger partial charge in [-0.15, -0.1) is 0 Å². The van der Waals surface area contributed by atoms with Crippen LogP contribution in [-0.2, 0) is 16.9 Å². The molecule has 0 fully saturated rings. The maximum Gasteiger partial charge on any atom is 0.0809 e. The molecule has 0 amide bonds. The third kappa shape index (κ3) is 3.74. The van der Waals surface area contributed by atoms with Crippen molar-refractivity contribution in [1.29, 1.82) is 0 Å². The van der Waals surface area contributed by atoms with Crippen LogP contribution in [0.1, 0.15) is 11.1 Å². The van der Waals surface area contributed by atoms with E-state index in [1.807, 2.05) is 48.5 Å². The summed E-state index contributed by atoms with van der Waals surface area (Å²) in [4.78, 5) is 0. The second-order valence-corrected chi connectivity index (χ2v) is 7.29. The predicted octanol–water partition coefficient (Wildman–Crippen LogP) is 5.74. The normalized spacial score (nSPS) is 10.3. The van der Waals surface area contributed by atoms with Crippen LogP contribution in [0.3, 0.4) is 0 Å². The maximum atomic E-state index is 12.2. The largest absolute Gasteiger partial charge is 0.286 e. The highest BCUT2D eigenvalue weighted by atomic mass is 79.9. The van der Waals surface area contributed by atoms with Gasteiger partial charge in [0.2, 0.25) is 0 Å². The van der Waals surface area contributed by atoms with Gasteiger partial charge in [0, 0.05) is 21.3 Å². The van der Waals surface area contributed by atoms with Gasteiger partial charge >= 0.3 is 0 Å². The quantitative estimate of drug-likeness (QED) is 0.612. The van der Waals surface area contributed by atoms with E-state index in [1.54, 1.807) is 0 Å². The lowest BCUT2D eigenvalue weighted by atomic mass is 10.2. The van der Waals surface area contributed by atoms with Crippen molar-refractivity contribution >= 4 is 39.7 Å². The first-order valence-corrected chi connectivity index (χ1v) is 8.77. The Morgan fingerprint density at radius 3 is 1.56 bits per heavy atom. The smallest absolute Gasteiger partial charge is 0.0809 e. The van der Waals surface area contributed by atoms with Gasteiger partial charge in [-0.05, 0) is 23.3 Å². The van der Waals surface area contributed by atoms with Crippen LogP contribution in [-0.4, -0.2) is 0 Å². The first-order chi connectivity index (χ1) is 8.66. The highest BCUT2D eigenvalue weighted by molar-refractivity contribution is 9.10. The molecular weight excluding hydrogens is 375 g/mol. The highest BCUT2D eigenvalue weighted by Crippen LogP contribution is 2.35. The Hall–Kier alpha value is -0.500. The van der Waals surface area contributed by atoms with Crippen molar-refractivity contribution in [2.24, 2.45) is 0 Å². The molecule has 0 aromatic heterocycles. The molecule has 0 saturated carbocycles. The minimum atomic E-state index is -1.28. The topological polar surface area (TPSA) is 17.1 Å². The van der Waals surface area contributed by atoms with E-state index in [0.717, 1.165) is 20.1 Å². The summed E-state index contributed by atoms with van der Waals surface area (Å²) >= 11 is 6.97. The van der Waals surface area contributed by atoms with Gasteiger partial charge in [-0.3, -0.25) is 4.57 Å². The van der Waals surface area contributed by atoms with Crippen molar-refractivity contribution in [2.45, 2.75) is 12.3 Å². The van der Waals surface area contributed by atoms with E-state index >= 15 is 0 Å². The van der Waals surface area contributed by atoms with Crippen molar-refractivity contribution in [3.05, 3.63) is 68.6 Å². The lowest BCUT2D eigenvalue weighted by Crippen LogP contribution is -1.86. The highest BCUT2D eigenvalue weighted by Gasteiger charge is 2.08. The second kappa shape index (κ2) is 6.60. The maximum absolute atomic E-state index is 12.2. The summed E-state index contributed by atoms with van der Waals surface area (Å²) in [5.74, 6) is 0. The van der Waals surface area contributed by atoms with Gasteiger partial charge in [-0.25, -0.2) is 0 Å². The molecule has 0 saturated heterocycles. The van der Waals surface area contributed by atoms with Crippen LogP contribution >= 0.6 is 39.7 Å². The zero-order valence-corrected chi connectivity index (χ0v) is 13.7. The second-order valence-electron chi connectivity index (χ2n) is 3.98. The molecule has 1 nitrogen and oxygen atoms in total. The lowest BCUT2D eigenvalue weighted by Gasteiger charge is -2.06. The molecule has 0 N–H and O–H groups in total. The Labute approximate surface area is 125 Å². The van der Waals surface area contributed by atoms with Gasteiger partial charge < -0.3 is 0 Å². The Morgan fingerprint density at radius 1 is 0.778 bits per heavy atom. The number of hydrogen-bond donors (Lipinski definition) is 0. The van der Waals surface area contributed by atoms with E-state index < -0.39 is 7.80 Å². The van der Waals surface area contributed by atoms with Gasteiger partial charge in [0.05, 0.1) is 7.80 Å². The van der Waals surface area contributed by atoms with Gasteiger partial charge in [0.15, 0.2) is 0 Å². The van der Waals surface area contributed by atoms with Gasteiger partial charge in [0.1, 0.15) is 0 Å². The minimum absolute atomic E-state index is 0.609. The molecule has 0 atom stereocenters. The first-order valence-electron chi connectivity index (χ1n) is 5.55. The molecule has 2 aromatic rings. The van der Waals surface area contributed by atoms with Crippen molar-refractivity contribution in [2.75, 3.05) is 0 Å². The number of halogens is 2. The van der Waals surface area contributed by atoms with Crippen LogP contribution in [0.2, 0.25) is 0 Å². The van der Waals surface area contributed by atoms with Gasteiger partial charge in [-0.2, -0.15) is 0 Å². The summed E-state index contributed by atoms with van der Waals surface area (Å²) in [6.07, 6.45) is 1.22. The fourth-order valence-corrected chi connectivity index (χ4v) is 4.40. The molecule has 18 heavy (non-hydrogen) atoms. The van der Waals surface area contributed by atoms with E-state index in [1.165, 1.54) is 0 Å². The molecular formula is C14H12Br2OP. The zero-order chi connectivity index (χ0) is 13.0. The summed E-state index contributed by atoms with van der Waals surface area (Å²) in [5.41, 5.74) is 2.20. The van der Waals surface area contributed by atoms with Crippen molar-refractivity contribution in [1.82, 2.24) is 0 Å². The molecule has 2 rings (SSSR count). The van der Waals surface area contributed by atoms with E-state index in [-0.39, 0.29) is 0 Å². The van der Waals surface area contributed by atoms with Gasteiger partial charge in [0.25, 0.3) is 0 Å². The van der Waals surface area contributed by atoms with E-state index in [0.29, 0.717) is 12.3 Å². The first kappa shape index (κ1) is 13.9. The number of rotatable bonds is 4. The monoisotopic (exact) mass is 385 g/mol. The molecule has 2 aromatic carbocycles. The molecule has 0 heterocycles. The lowest BCUT2D eigenvalue weighted by molar-refractivity contribution is 0.586.